The molecule has 1 aliphatic carbocycles. The molecule has 1 aromatic carbocycles. The van der Waals surface area contributed by atoms with Crippen LogP contribution in [0.25, 0.3) is 0 Å². The lowest BCUT2D eigenvalue weighted by Crippen LogP contribution is -2.15. The van der Waals surface area contributed by atoms with E-state index in [1.807, 2.05) is 25.1 Å². The third-order valence-corrected chi connectivity index (χ3v) is 4.25. The van der Waals surface area contributed by atoms with Gasteiger partial charge in [-0.05, 0) is 37.3 Å². The van der Waals surface area contributed by atoms with Gasteiger partial charge in [0.05, 0.1) is 5.92 Å². The molecule has 3 nitrogen and oxygen atoms in total. The van der Waals surface area contributed by atoms with Crippen molar-refractivity contribution in [2.75, 3.05) is 5.73 Å². The van der Waals surface area contributed by atoms with Gasteiger partial charge < -0.3 is 10.8 Å². The monoisotopic (exact) mass is 261 g/mol. The molecule has 0 aromatic heterocycles. The second-order valence-corrected chi connectivity index (χ2v) is 5.75. The molecule has 1 aromatic rings. The number of hydrogen-bond acceptors (Lipinski definition) is 2. The third-order valence-electron chi connectivity index (χ3n) is 4.25. The Kier molecular flexibility index (Phi) is 4.46. The second-order valence-electron chi connectivity index (χ2n) is 5.75. The van der Waals surface area contributed by atoms with Gasteiger partial charge in [-0.1, -0.05) is 43.4 Å². The van der Waals surface area contributed by atoms with E-state index in [0.29, 0.717) is 18.0 Å². The van der Waals surface area contributed by atoms with E-state index in [9.17, 15) is 9.90 Å². The third kappa shape index (κ3) is 3.49. The van der Waals surface area contributed by atoms with Crippen molar-refractivity contribution in [3.63, 3.8) is 0 Å². The van der Waals surface area contributed by atoms with E-state index in [2.05, 4.69) is 0 Å². The van der Waals surface area contributed by atoms with Crippen LogP contribution in [0.15, 0.2) is 18.2 Å². The van der Waals surface area contributed by atoms with Gasteiger partial charge in [-0.3, -0.25) is 4.79 Å². The molecule has 0 aliphatic heterocycles. The van der Waals surface area contributed by atoms with Crippen molar-refractivity contribution >= 4 is 11.7 Å². The van der Waals surface area contributed by atoms with Gasteiger partial charge in [-0.15, -0.1) is 0 Å². The number of rotatable bonds is 5. The number of carboxylic acids is 1. The zero-order valence-electron chi connectivity index (χ0n) is 11.6. The molecule has 19 heavy (non-hydrogen) atoms. The van der Waals surface area contributed by atoms with E-state index in [1.54, 1.807) is 0 Å². The average molecular weight is 261 g/mol. The number of nitrogen functional groups attached to an aromatic ring is 1. The van der Waals surface area contributed by atoms with Crippen molar-refractivity contribution in [2.24, 2.45) is 5.92 Å². The van der Waals surface area contributed by atoms with Crippen LogP contribution in [-0.4, -0.2) is 11.1 Å². The minimum atomic E-state index is -0.754. The molecule has 1 fully saturated rings. The molecule has 1 unspecified atom stereocenters. The highest BCUT2D eigenvalue weighted by atomic mass is 16.4. The molecule has 0 radical (unpaired) electrons. The highest BCUT2D eigenvalue weighted by Crippen LogP contribution is 2.34. The maximum atomic E-state index is 11.5. The van der Waals surface area contributed by atoms with Gasteiger partial charge in [0.25, 0.3) is 0 Å². The van der Waals surface area contributed by atoms with Crippen molar-refractivity contribution in [1.29, 1.82) is 0 Å². The maximum Gasteiger partial charge on any atom is 0.311 e. The molecule has 3 N–H and O–H groups in total. The Morgan fingerprint density at radius 2 is 2.11 bits per heavy atom. The molecular formula is C16H23NO2. The largest absolute Gasteiger partial charge is 0.481 e. The molecule has 1 aliphatic rings. The summed E-state index contributed by atoms with van der Waals surface area (Å²) in [6.45, 7) is 1.97. The van der Waals surface area contributed by atoms with Crippen LogP contribution in [0, 0.1) is 12.8 Å². The summed E-state index contributed by atoms with van der Waals surface area (Å²) in [6, 6.07) is 5.66. The van der Waals surface area contributed by atoms with Crippen LogP contribution in [0.3, 0.4) is 0 Å². The Morgan fingerprint density at radius 1 is 1.42 bits per heavy atom. The first-order valence-electron chi connectivity index (χ1n) is 7.16. The minimum Gasteiger partial charge on any atom is -0.481 e. The predicted octanol–water partition coefficient (Wildman–Crippen LogP) is 3.72. The Balaban J connectivity index is 2.10. The lowest BCUT2D eigenvalue weighted by Gasteiger charge is -2.17. The van der Waals surface area contributed by atoms with Gasteiger partial charge in [0.2, 0.25) is 0 Å². The Hall–Kier alpha value is -1.51. The Labute approximate surface area is 114 Å². The molecule has 2 rings (SSSR count). The number of nitrogens with two attached hydrogens (primary N) is 1. The fourth-order valence-corrected chi connectivity index (χ4v) is 3.11. The van der Waals surface area contributed by atoms with Gasteiger partial charge in [-0.2, -0.15) is 0 Å². The van der Waals surface area contributed by atoms with Crippen molar-refractivity contribution < 1.29 is 9.90 Å². The molecule has 1 atom stereocenters. The van der Waals surface area contributed by atoms with Crippen LogP contribution in [0.1, 0.15) is 55.6 Å². The molecule has 0 spiro atoms. The summed E-state index contributed by atoms with van der Waals surface area (Å²) in [5.74, 6) is -0.497. The number of carboxylic acid groups (broad SMARTS) is 1. The number of carbonyl (C=O) groups is 1. The first-order chi connectivity index (χ1) is 9.08. The fraction of sp³-hybridized carbons (Fsp3) is 0.562. The van der Waals surface area contributed by atoms with Crippen LogP contribution >= 0.6 is 0 Å². The van der Waals surface area contributed by atoms with Crippen molar-refractivity contribution in [2.45, 2.75) is 51.4 Å². The van der Waals surface area contributed by atoms with E-state index < -0.39 is 11.9 Å². The molecule has 0 saturated heterocycles. The summed E-state index contributed by atoms with van der Waals surface area (Å²) in [7, 11) is 0. The first kappa shape index (κ1) is 13.9. The van der Waals surface area contributed by atoms with E-state index in [0.717, 1.165) is 17.5 Å². The van der Waals surface area contributed by atoms with Gasteiger partial charge in [-0.25, -0.2) is 0 Å². The summed E-state index contributed by atoms with van der Waals surface area (Å²) in [4.78, 5) is 11.5. The topological polar surface area (TPSA) is 63.3 Å². The number of benzene rings is 1. The second kappa shape index (κ2) is 6.09. The summed E-state index contributed by atoms with van der Waals surface area (Å²) in [5, 5.41) is 9.46. The number of aryl methyl sites for hydroxylation is 1. The molecule has 3 heteroatoms. The van der Waals surface area contributed by atoms with Gasteiger partial charge in [0.1, 0.15) is 0 Å². The van der Waals surface area contributed by atoms with Crippen molar-refractivity contribution in [1.82, 2.24) is 0 Å². The lowest BCUT2D eigenvalue weighted by atomic mass is 9.88. The lowest BCUT2D eigenvalue weighted by molar-refractivity contribution is -0.139. The Morgan fingerprint density at radius 3 is 2.74 bits per heavy atom. The Bertz CT molecular complexity index is 450. The summed E-state index contributed by atoms with van der Waals surface area (Å²) >= 11 is 0. The predicted molar refractivity (Wildman–Crippen MR) is 77.2 cm³/mol. The first-order valence-corrected chi connectivity index (χ1v) is 7.16. The zero-order chi connectivity index (χ0) is 13.8. The van der Waals surface area contributed by atoms with E-state index >= 15 is 0 Å². The maximum absolute atomic E-state index is 11.5. The van der Waals surface area contributed by atoms with Crippen LogP contribution in [0.2, 0.25) is 0 Å². The molecule has 0 bridgehead atoms. The van der Waals surface area contributed by atoms with Gasteiger partial charge in [0, 0.05) is 5.69 Å². The van der Waals surface area contributed by atoms with E-state index in [4.69, 9.17) is 5.73 Å². The summed E-state index contributed by atoms with van der Waals surface area (Å²) in [6.07, 6.45) is 6.83. The smallest absolute Gasteiger partial charge is 0.311 e. The average Bonchev–Trinajstić information content (AvgIpc) is 2.86. The van der Waals surface area contributed by atoms with Gasteiger partial charge >= 0.3 is 5.97 Å². The highest BCUT2D eigenvalue weighted by molar-refractivity contribution is 5.78. The number of anilines is 1. The van der Waals surface area contributed by atoms with Crippen LogP contribution < -0.4 is 5.73 Å². The molecule has 104 valence electrons. The van der Waals surface area contributed by atoms with Crippen LogP contribution in [-0.2, 0) is 4.79 Å². The zero-order valence-corrected chi connectivity index (χ0v) is 11.6. The fourth-order valence-electron chi connectivity index (χ4n) is 3.11. The van der Waals surface area contributed by atoms with Crippen molar-refractivity contribution in [3.8, 4) is 0 Å². The number of hydrogen-bond donors (Lipinski definition) is 2. The molecule has 0 amide bonds. The number of aliphatic carboxylic acids is 1. The SMILES string of the molecule is Cc1ccc(N)c(C(CCC2CCCC2)C(=O)O)c1. The van der Waals surface area contributed by atoms with Crippen LogP contribution in [0.5, 0.6) is 0 Å². The van der Waals surface area contributed by atoms with Crippen molar-refractivity contribution in [3.05, 3.63) is 29.3 Å². The normalized spacial score (nSPS) is 17.5. The van der Waals surface area contributed by atoms with Crippen LogP contribution in [0.4, 0.5) is 5.69 Å². The minimum absolute atomic E-state index is 0.458. The van der Waals surface area contributed by atoms with E-state index in [-0.39, 0.29) is 0 Å². The quantitative estimate of drug-likeness (QED) is 0.794. The summed E-state index contributed by atoms with van der Waals surface area (Å²) < 4.78 is 0. The highest BCUT2D eigenvalue weighted by Gasteiger charge is 2.24. The molecule has 0 heterocycles. The standard InChI is InChI=1S/C16H23NO2/c1-11-6-9-15(17)14(10-11)13(16(18)19)8-7-12-4-2-3-5-12/h6,9-10,12-13H,2-5,7-8,17H2,1H3,(H,18,19). The molecule has 1 saturated carbocycles. The van der Waals surface area contributed by atoms with E-state index in [1.165, 1.54) is 25.7 Å². The summed E-state index contributed by atoms with van der Waals surface area (Å²) in [5.41, 5.74) is 8.40. The van der Waals surface area contributed by atoms with Gasteiger partial charge in [0.15, 0.2) is 0 Å². The molecular weight excluding hydrogens is 238 g/mol.